The van der Waals surface area contributed by atoms with Crippen molar-refractivity contribution in [2.45, 2.75) is 5.60 Å². The third-order valence-corrected chi connectivity index (χ3v) is 3.98. The van der Waals surface area contributed by atoms with Gasteiger partial charge in [-0.15, -0.1) is 0 Å². The van der Waals surface area contributed by atoms with Gasteiger partial charge in [0.1, 0.15) is 11.6 Å². The normalized spacial score (nSPS) is 20.1. The van der Waals surface area contributed by atoms with Gasteiger partial charge < -0.3 is 15.6 Å². The van der Waals surface area contributed by atoms with Crippen molar-refractivity contribution in [2.75, 3.05) is 7.11 Å². The summed E-state index contributed by atoms with van der Waals surface area (Å²) in [4.78, 5) is 4.21. The number of fused-ring (bicyclic) bond motifs is 1. The molecule has 1 heterocycles. The number of aliphatic hydroxyl groups is 1. The van der Waals surface area contributed by atoms with Crippen LogP contribution in [0.4, 0.5) is 5.69 Å². The molecule has 6 heteroatoms. The number of ether oxygens (including phenoxy) is 1. The van der Waals surface area contributed by atoms with Crippen LogP contribution in [0.25, 0.3) is 0 Å². The third-order valence-electron chi connectivity index (χ3n) is 3.51. The van der Waals surface area contributed by atoms with E-state index in [4.69, 9.17) is 33.7 Å². The fourth-order valence-electron chi connectivity index (χ4n) is 2.49. The van der Waals surface area contributed by atoms with Crippen LogP contribution in [-0.4, -0.2) is 18.1 Å². The Kier molecular flexibility index (Phi) is 3.32. The summed E-state index contributed by atoms with van der Waals surface area (Å²) in [7, 11) is 1.51. The van der Waals surface area contributed by atoms with Crippen LogP contribution < -0.4 is 10.5 Å². The first-order chi connectivity index (χ1) is 9.96. The van der Waals surface area contributed by atoms with Crippen LogP contribution in [0.5, 0.6) is 5.75 Å². The van der Waals surface area contributed by atoms with Crippen LogP contribution in [0.15, 0.2) is 41.4 Å². The van der Waals surface area contributed by atoms with Gasteiger partial charge in [-0.3, -0.25) is 0 Å². The van der Waals surface area contributed by atoms with Crippen molar-refractivity contribution >= 4 is 34.7 Å². The molecular weight excluding hydrogens is 311 g/mol. The fraction of sp³-hybridized carbons (Fsp3) is 0.133. The molecule has 2 aromatic carbocycles. The standard InChI is InChI=1S/C15H12Cl2N2O2/c1-21-13-5-3-9(17)7-11(13)15(20)10-6-8(16)2-4-12(10)19-14(15)18/h2-7,20H,1H3,(H2,18,19). The summed E-state index contributed by atoms with van der Waals surface area (Å²) in [5.74, 6) is 0.521. The van der Waals surface area contributed by atoms with Crippen LogP contribution in [0.1, 0.15) is 11.1 Å². The molecule has 0 amide bonds. The number of aliphatic imine (C=N–C) groups is 1. The summed E-state index contributed by atoms with van der Waals surface area (Å²) in [5.41, 5.74) is 5.87. The van der Waals surface area contributed by atoms with Crippen molar-refractivity contribution in [3.63, 3.8) is 0 Å². The predicted octanol–water partition coefficient (Wildman–Crippen LogP) is 3.24. The van der Waals surface area contributed by atoms with Gasteiger partial charge in [-0.1, -0.05) is 23.2 Å². The first-order valence-corrected chi connectivity index (χ1v) is 6.93. The van der Waals surface area contributed by atoms with Gasteiger partial charge in [0.25, 0.3) is 0 Å². The zero-order chi connectivity index (χ0) is 15.2. The second-order valence-electron chi connectivity index (χ2n) is 4.71. The maximum absolute atomic E-state index is 11.2. The molecular formula is C15H12Cl2N2O2. The molecule has 0 radical (unpaired) electrons. The lowest BCUT2D eigenvalue weighted by Gasteiger charge is -2.26. The lowest BCUT2D eigenvalue weighted by Crippen LogP contribution is -2.39. The van der Waals surface area contributed by atoms with Crippen molar-refractivity contribution < 1.29 is 9.84 Å². The molecule has 0 bridgehead atoms. The number of halogens is 2. The Morgan fingerprint density at radius 1 is 1.10 bits per heavy atom. The maximum atomic E-state index is 11.2. The Morgan fingerprint density at radius 3 is 2.38 bits per heavy atom. The molecule has 0 aromatic heterocycles. The van der Waals surface area contributed by atoms with Crippen molar-refractivity contribution in [3.05, 3.63) is 57.6 Å². The van der Waals surface area contributed by atoms with Gasteiger partial charge in [0.15, 0.2) is 5.60 Å². The highest BCUT2D eigenvalue weighted by molar-refractivity contribution is 6.31. The largest absolute Gasteiger partial charge is 0.496 e. The molecule has 1 unspecified atom stereocenters. The summed E-state index contributed by atoms with van der Waals surface area (Å²) in [6.45, 7) is 0. The summed E-state index contributed by atoms with van der Waals surface area (Å²) in [6, 6.07) is 10.00. The van der Waals surface area contributed by atoms with Crippen LogP contribution in [0.2, 0.25) is 10.0 Å². The quantitative estimate of drug-likeness (QED) is 0.891. The van der Waals surface area contributed by atoms with E-state index in [1.165, 1.54) is 7.11 Å². The molecule has 0 fully saturated rings. The molecule has 21 heavy (non-hydrogen) atoms. The molecule has 2 aromatic rings. The molecule has 3 rings (SSSR count). The third kappa shape index (κ3) is 2.07. The number of benzene rings is 2. The highest BCUT2D eigenvalue weighted by Crippen LogP contribution is 2.46. The maximum Gasteiger partial charge on any atom is 0.178 e. The smallest absolute Gasteiger partial charge is 0.178 e. The van der Waals surface area contributed by atoms with Crippen molar-refractivity contribution in [1.82, 2.24) is 0 Å². The summed E-state index contributed by atoms with van der Waals surface area (Å²) >= 11 is 12.1. The Bertz CT molecular complexity index is 761. The summed E-state index contributed by atoms with van der Waals surface area (Å²) < 4.78 is 5.31. The molecule has 3 N–H and O–H groups in total. The summed E-state index contributed by atoms with van der Waals surface area (Å²) in [5, 5.41) is 12.1. The van der Waals surface area contributed by atoms with Gasteiger partial charge >= 0.3 is 0 Å². The monoisotopic (exact) mass is 322 g/mol. The average molecular weight is 323 g/mol. The van der Waals surface area contributed by atoms with Crippen molar-refractivity contribution in [3.8, 4) is 5.75 Å². The number of amidine groups is 1. The first kappa shape index (κ1) is 14.2. The summed E-state index contributed by atoms with van der Waals surface area (Å²) in [6.07, 6.45) is 0. The lowest BCUT2D eigenvalue weighted by molar-refractivity contribution is 0.154. The lowest BCUT2D eigenvalue weighted by atomic mass is 9.86. The highest BCUT2D eigenvalue weighted by atomic mass is 35.5. The zero-order valence-electron chi connectivity index (χ0n) is 11.1. The molecule has 0 spiro atoms. The van der Waals surface area contributed by atoms with E-state index in [0.717, 1.165) is 0 Å². The number of hydrogen-bond acceptors (Lipinski definition) is 4. The molecule has 108 valence electrons. The van der Waals surface area contributed by atoms with Crippen LogP contribution >= 0.6 is 23.2 Å². The van der Waals surface area contributed by atoms with Gasteiger partial charge in [0, 0.05) is 21.2 Å². The second-order valence-corrected chi connectivity index (χ2v) is 5.59. The topological polar surface area (TPSA) is 67.8 Å². The number of nitrogens with zero attached hydrogens (tertiary/aromatic N) is 1. The SMILES string of the molecule is COc1ccc(Cl)cc1C1(O)C(N)=Nc2ccc(Cl)cc21. The number of methoxy groups -OCH3 is 1. The van der Waals surface area contributed by atoms with Crippen molar-refractivity contribution in [1.29, 1.82) is 0 Å². The molecule has 1 aliphatic rings. The molecule has 1 aliphatic heterocycles. The van der Waals surface area contributed by atoms with Crippen LogP contribution in [0.3, 0.4) is 0 Å². The first-order valence-electron chi connectivity index (χ1n) is 6.18. The minimum absolute atomic E-state index is 0.0559. The van der Waals surface area contributed by atoms with Gasteiger partial charge in [0.05, 0.1) is 12.8 Å². The predicted molar refractivity (Wildman–Crippen MR) is 83.7 cm³/mol. The van der Waals surface area contributed by atoms with E-state index < -0.39 is 5.60 Å². The average Bonchev–Trinajstić information content (AvgIpc) is 2.72. The van der Waals surface area contributed by atoms with Gasteiger partial charge in [-0.2, -0.15) is 0 Å². The fourth-order valence-corrected chi connectivity index (χ4v) is 2.83. The molecule has 1 atom stereocenters. The van der Waals surface area contributed by atoms with Gasteiger partial charge in [-0.05, 0) is 36.4 Å². The highest BCUT2D eigenvalue weighted by Gasteiger charge is 2.44. The minimum atomic E-state index is -1.61. The molecule has 0 saturated carbocycles. The van der Waals surface area contributed by atoms with E-state index in [1.54, 1.807) is 36.4 Å². The molecule has 4 nitrogen and oxygen atoms in total. The number of rotatable bonds is 2. The van der Waals surface area contributed by atoms with E-state index in [0.29, 0.717) is 32.6 Å². The van der Waals surface area contributed by atoms with Crippen molar-refractivity contribution in [2.24, 2.45) is 10.7 Å². The minimum Gasteiger partial charge on any atom is -0.496 e. The van der Waals surface area contributed by atoms with E-state index in [9.17, 15) is 5.11 Å². The Labute approximate surface area is 131 Å². The van der Waals surface area contributed by atoms with E-state index in [1.807, 2.05) is 0 Å². The van der Waals surface area contributed by atoms with Crippen LogP contribution in [0, 0.1) is 0 Å². The van der Waals surface area contributed by atoms with E-state index in [-0.39, 0.29) is 5.84 Å². The second kappa shape index (κ2) is 4.91. The van der Waals surface area contributed by atoms with Gasteiger partial charge in [-0.25, -0.2) is 4.99 Å². The number of nitrogens with two attached hydrogens (primary N) is 1. The molecule has 0 aliphatic carbocycles. The Hall–Kier alpha value is -1.75. The van der Waals surface area contributed by atoms with E-state index in [2.05, 4.69) is 4.99 Å². The Morgan fingerprint density at radius 2 is 1.71 bits per heavy atom. The Balaban J connectivity index is 2.30. The zero-order valence-corrected chi connectivity index (χ0v) is 12.6. The van der Waals surface area contributed by atoms with Gasteiger partial charge in [0.2, 0.25) is 0 Å². The van der Waals surface area contributed by atoms with Crippen LogP contribution in [-0.2, 0) is 5.60 Å². The number of hydrogen-bond donors (Lipinski definition) is 2. The van der Waals surface area contributed by atoms with E-state index >= 15 is 0 Å². The molecule has 0 saturated heterocycles.